The van der Waals surface area contributed by atoms with Gasteiger partial charge < -0.3 is 0 Å². The molecular formula is C13H15ClO3Se. The first-order valence-corrected chi connectivity index (χ1v) is 8.15. The van der Waals surface area contributed by atoms with E-state index in [-0.39, 0.29) is 25.7 Å². The topological polar surface area (TPSA) is 35.5 Å². The minimum absolute atomic E-state index is 0.0382. The Hall–Kier alpha value is -0.381. The van der Waals surface area contributed by atoms with E-state index in [2.05, 4.69) is 0 Å². The molecule has 1 atom stereocenters. The van der Waals surface area contributed by atoms with Gasteiger partial charge in [-0.2, -0.15) is 0 Å². The molecular weight excluding hydrogens is 319 g/mol. The van der Waals surface area contributed by atoms with Gasteiger partial charge in [0.05, 0.1) is 0 Å². The molecule has 0 N–H and O–H groups in total. The molecule has 5 heteroatoms. The van der Waals surface area contributed by atoms with E-state index >= 15 is 0 Å². The second kappa shape index (κ2) is 5.72. The molecule has 0 saturated carbocycles. The molecule has 1 aliphatic rings. The summed E-state index contributed by atoms with van der Waals surface area (Å²) in [5, 5.41) is 1.39. The predicted octanol–water partition coefficient (Wildman–Crippen LogP) is 2.75. The molecule has 1 unspecified atom stereocenters. The summed E-state index contributed by atoms with van der Waals surface area (Å²) < 4.78 is 11.3. The van der Waals surface area contributed by atoms with Crippen molar-refractivity contribution in [2.45, 2.75) is 31.1 Å². The van der Waals surface area contributed by atoms with Crippen LogP contribution in [0.3, 0.4) is 0 Å². The van der Waals surface area contributed by atoms with E-state index in [1.807, 2.05) is 13.8 Å². The van der Waals surface area contributed by atoms with Crippen molar-refractivity contribution in [3.63, 3.8) is 0 Å². The van der Waals surface area contributed by atoms with E-state index in [4.69, 9.17) is 21.1 Å². The molecule has 3 nitrogen and oxygen atoms in total. The van der Waals surface area contributed by atoms with E-state index in [0.29, 0.717) is 11.6 Å². The summed E-state index contributed by atoms with van der Waals surface area (Å²) in [5.74, 6) is -0.510. The number of hydrogen-bond donors (Lipinski definition) is 0. The molecule has 1 aliphatic heterocycles. The first-order chi connectivity index (χ1) is 8.46. The number of benzene rings is 1. The zero-order valence-corrected chi connectivity index (χ0v) is 12.8. The second-order valence-corrected chi connectivity index (χ2v) is 7.08. The zero-order chi connectivity index (χ0) is 13.2. The van der Waals surface area contributed by atoms with E-state index in [9.17, 15) is 4.79 Å². The van der Waals surface area contributed by atoms with Crippen LogP contribution in [-0.2, 0) is 9.47 Å². The normalized spacial score (nSPS) is 22.1. The van der Waals surface area contributed by atoms with Crippen molar-refractivity contribution in [2.75, 3.05) is 6.61 Å². The van der Waals surface area contributed by atoms with Gasteiger partial charge in [-0.3, -0.25) is 0 Å². The van der Waals surface area contributed by atoms with Crippen molar-refractivity contribution in [1.82, 2.24) is 0 Å². The Morgan fingerprint density at radius 1 is 1.44 bits per heavy atom. The fourth-order valence-electron chi connectivity index (χ4n) is 1.68. The van der Waals surface area contributed by atoms with Gasteiger partial charge >= 0.3 is 118 Å². The van der Waals surface area contributed by atoms with Gasteiger partial charge in [0, 0.05) is 0 Å². The maximum atomic E-state index is 12.0. The molecule has 1 aromatic carbocycles. The quantitative estimate of drug-likeness (QED) is 0.795. The molecule has 0 bridgehead atoms. The van der Waals surface area contributed by atoms with Gasteiger partial charge in [0.15, 0.2) is 0 Å². The van der Waals surface area contributed by atoms with Crippen LogP contribution in [0.1, 0.15) is 24.2 Å². The molecule has 0 radical (unpaired) electrons. The van der Waals surface area contributed by atoms with Crippen LogP contribution in [0.15, 0.2) is 24.3 Å². The monoisotopic (exact) mass is 334 g/mol. The van der Waals surface area contributed by atoms with Crippen LogP contribution in [0.5, 0.6) is 0 Å². The summed E-state index contributed by atoms with van der Waals surface area (Å²) in [6.45, 7) is 4.35. The van der Waals surface area contributed by atoms with Crippen molar-refractivity contribution >= 4 is 31.2 Å². The average molecular weight is 334 g/mol. The fraction of sp³-hybridized carbons (Fsp3) is 0.462. The first-order valence-electron chi connectivity index (χ1n) is 5.71. The van der Waals surface area contributed by atoms with Crippen LogP contribution in [0.4, 0.5) is 0 Å². The van der Waals surface area contributed by atoms with E-state index in [0.717, 1.165) is 10.9 Å². The number of carbonyl (C=O) groups is 1. The number of halogens is 1. The van der Waals surface area contributed by atoms with E-state index in [1.165, 1.54) is 0 Å². The maximum absolute atomic E-state index is 12.0. The molecule has 0 amide bonds. The summed E-state index contributed by atoms with van der Waals surface area (Å²) in [4.78, 5) is 12.0. The van der Waals surface area contributed by atoms with Gasteiger partial charge in [-0.25, -0.2) is 0 Å². The molecule has 1 aromatic rings. The molecule has 18 heavy (non-hydrogen) atoms. The standard InChI is InChI=1S/C13H15ClO3Se/c1-13(2)16-7-11(17-13)8-18-12(15)9-3-5-10(14)6-4-9/h3-6,11H,7-8H2,1-2H3. The van der Waals surface area contributed by atoms with Gasteiger partial charge in [-0.15, -0.1) is 0 Å². The molecule has 0 aliphatic carbocycles. The van der Waals surface area contributed by atoms with Crippen LogP contribution < -0.4 is 0 Å². The van der Waals surface area contributed by atoms with Crippen molar-refractivity contribution in [3.8, 4) is 0 Å². The Bertz CT molecular complexity index is 430. The summed E-state index contributed by atoms with van der Waals surface area (Å²) in [7, 11) is 0. The van der Waals surface area contributed by atoms with Crippen LogP contribution >= 0.6 is 11.6 Å². The summed E-state index contributed by atoms with van der Waals surface area (Å²) >= 11 is 5.66. The molecule has 0 spiro atoms. The molecule has 98 valence electrons. The van der Waals surface area contributed by atoms with Crippen molar-refractivity contribution in [1.29, 1.82) is 0 Å². The van der Waals surface area contributed by atoms with Crippen LogP contribution in [0.2, 0.25) is 10.3 Å². The van der Waals surface area contributed by atoms with Gasteiger partial charge in [0.25, 0.3) is 0 Å². The fourth-order valence-corrected chi connectivity index (χ4v) is 3.50. The van der Waals surface area contributed by atoms with Gasteiger partial charge in [-0.1, -0.05) is 0 Å². The Kier molecular flexibility index (Phi) is 4.46. The number of hydrogen-bond acceptors (Lipinski definition) is 3. The first kappa shape index (κ1) is 14.0. The molecule has 1 fully saturated rings. The minimum atomic E-state index is -0.510. The van der Waals surface area contributed by atoms with Crippen molar-refractivity contribution in [2.24, 2.45) is 0 Å². The predicted molar refractivity (Wildman–Crippen MR) is 71.2 cm³/mol. The Balaban J connectivity index is 1.84. The third-order valence-corrected chi connectivity index (χ3v) is 4.97. The number of ether oxygens (including phenoxy) is 2. The Morgan fingerprint density at radius 3 is 2.67 bits per heavy atom. The second-order valence-electron chi connectivity index (χ2n) is 4.56. The van der Waals surface area contributed by atoms with Gasteiger partial charge in [-0.05, 0) is 0 Å². The number of carbonyl (C=O) groups excluding carboxylic acids is 1. The van der Waals surface area contributed by atoms with Crippen LogP contribution in [0, 0.1) is 0 Å². The third kappa shape index (κ3) is 3.81. The van der Waals surface area contributed by atoms with Crippen molar-refractivity contribution < 1.29 is 14.3 Å². The molecule has 1 saturated heterocycles. The van der Waals surface area contributed by atoms with Gasteiger partial charge in [0.2, 0.25) is 0 Å². The van der Waals surface area contributed by atoms with E-state index in [1.54, 1.807) is 24.3 Å². The number of rotatable bonds is 4. The molecule has 1 heterocycles. The Labute approximate surface area is 118 Å². The third-order valence-electron chi connectivity index (χ3n) is 2.55. The van der Waals surface area contributed by atoms with Gasteiger partial charge in [0.1, 0.15) is 0 Å². The van der Waals surface area contributed by atoms with Crippen LogP contribution in [-0.4, -0.2) is 38.1 Å². The molecule has 0 aromatic heterocycles. The van der Waals surface area contributed by atoms with Crippen LogP contribution in [0.25, 0.3) is 0 Å². The zero-order valence-electron chi connectivity index (χ0n) is 10.3. The summed E-state index contributed by atoms with van der Waals surface area (Å²) in [6.07, 6.45) is 0.0382. The van der Waals surface area contributed by atoms with Crippen molar-refractivity contribution in [3.05, 3.63) is 34.9 Å². The summed E-state index contributed by atoms with van der Waals surface area (Å²) in [6, 6.07) is 7.01. The SMILES string of the molecule is CC1(C)OCC(C[Se]C(=O)c2ccc(Cl)cc2)O1. The Morgan fingerprint density at radius 2 is 2.11 bits per heavy atom. The molecule has 2 rings (SSSR count). The average Bonchev–Trinajstić information content (AvgIpc) is 2.67. The summed E-state index contributed by atoms with van der Waals surface area (Å²) in [5.41, 5.74) is 0.720. The van der Waals surface area contributed by atoms with E-state index < -0.39 is 5.79 Å².